The molecule has 3 heteroatoms. The Morgan fingerprint density at radius 3 is 2.73 bits per heavy atom. The van der Waals surface area contributed by atoms with Crippen molar-refractivity contribution in [2.75, 3.05) is 13.1 Å². The van der Waals surface area contributed by atoms with E-state index in [1.807, 2.05) is 0 Å². The van der Waals surface area contributed by atoms with Crippen molar-refractivity contribution in [2.45, 2.75) is 45.1 Å². The normalized spacial score (nSPS) is 37.3. The zero-order chi connectivity index (χ0) is 10.8. The number of rotatable bonds is 3. The third-order valence-corrected chi connectivity index (χ3v) is 4.14. The maximum absolute atomic E-state index is 11.0. The van der Waals surface area contributed by atoms with Gasteiger partial charge in [0.2, 0.25) is 0 Å². The molecule has 1 heterocycles. The van der Waals surface area contributed by atoms with E-state index >= 15 is 0 Å². The molecule has 0 spiro atoms. The highest BCUT2D eigenvalue weighted by Crippen LogP contribution is 2.34. The minimum absolute atomic E-state index is 0.0715. The molecule has 2 rings (SSSR count). The van der Waals surface area contributed by atoms with E-state index in [4.69, 9.17) is 5.11 Å². The molecule has 0 aromatic carbocycles. The summed E-state index contributed by atoms with van der Waals surface area (Å²) >= 11 is 0. The fourth-order valence-electron chi connectivity index (χ4n) is 3.15. The first-order valence-electron chi connectivity index (χ1n) is 6.15. The van der Waals surface area contributed by atoms with Crippen LogP contribution >= 0.6 is 0 Å². The van der Waals surface area contributed by atoms with Crippen molar-refractivity contribution < 1.29 is 9.90 Å². The van der Waals surface area contributed by atoms with Crippen LogP contribution in [0.15, 0.2) is 0 Å². The third kappa shape index (κ3) is 2.33. The zero-order valence-electron chi connectivity index (χ0n) is 9.48. The number of hydrogen-bond acceptors (Lipinski definition) is 2. The first kappa shape index (κ1) is 10.9. The molecule has 3 unspecified atom stereocenters. The Kier molecular flexibility index (Phi) is 3.29. The summed E-state index contributed by atoms with van der Waals surface area (Å²) in [6.45, 7) is 4.44. The summed E-state index contributed by atoms with van der Waals surface area (Å²) in [6.07, 6.45) is 5.67. The fourth-order valence-corrected chi connectivity index (χ4v) is 3.15. The van der Waals surface area contributed by atoms with Gasteiger partial charge < -0.3 is 10.0 Å². The average molecular weight is 211 g/mol. The second kappa shape index (κ2) is 4.52. The predicted octanol–water partition coefficient (Wildman–Crippen LogP) is 1.97. The molecule has 2 aliphatic rings. The second-order valence-electron chi connectivity index (χ2n) is 5.12. The molecule has 15 heavy (non-hydrogen) atoms. The smallest absolute Gasteiger partial charge is 0.306 e. The minimum atomic E-state index is -0.579. The van der Waals surface area contributed by atoms with Crippen LogP contribution in [0.4, 0.5) is 0 Å². The summed E-state index contributed by atoms with van der Waals surface area (Å²) < 4.78 is 0. The van der Waals surface area contributed by atoms with Gasteiger partial charge in [0.25, 0.3) is 0 Å². The van der Waals surface area contributed by atoms with Crippen LogP contribution < -0.4 is 0 Å². The third-order valence-electron chi connectivity index (χ3n) is 4.14. The summed E-state index contributed by atoms with van der Waals surface area (Å²) in [6, 6.07) is 0.667. The number of likely N-dealkylation sites (tertiary alicyclic amines) is 1. The molecule has 0 bridgehead atoms. The number of hydrogen-bond donors (Lipinski definition) is 1. The number of carbonyl (C=O) groups is 1. The molecule has 0 aromatic rings. The Labute approximate surface area is 91.5 Å². The molecule has 1 aliphatic heterocycles. The Bertz CT molecular complexity index is 242. The molecule has 0 amide bonds. The Balaban J connectivity index is 1.90. The van der Waals surface area contributed by atoms with E-state index < -0.39 is 5.97 Å². The van der Waals surface area contributed by atoms with Crippen molar-refractivity contribution in [2.24, 2.45) is 11.8 Å². The van der Waals surface area contributed by atoms with Crippen molar-refractivity contribution in [3.63, 3.8) is 0 Å². The van der Waals surface area contributed by atoms with Crippen LogP contribution in [0.3, 0.4) is 0 Å². The van der Waals surface area contributed by atoms with Gasteiger partial charge in [-0.2, -0.15) is 0 Å². The van der Waals surface area contributed by atoms with Gasteiger partial charge in [-0.1, -0.05) is 6.42 Å². The lowest BCUT2D eigenvalue weighted by atomic mass is 9.95. The molecule has 3 nitrogen and oxygen atoms in total. The molecule has 86 valence electrons. The summed E-state index contributed by atoms with van der Waals surface area (Å²) in [5, 5.41) is 9.10. The molecule has 3 atom stereocenters. The molecule has 0 aromatic heterocycles. The second-order valence-corrected chi connectivity index (χ2v) is 5.12. The summed E-state index contributed by atoms with van der Waals surface area (Å²) in [5.74, 6) is -0.245. The molecular formula is C12H21NO2. The maximum atomic E-state index is 11.0. The summed E-state index contributed by atoms with van der Waals surface area (Å²) in [5.41, 5.74) is 0. The highest BCUT2D eigenvalue weighted by atomic mass is 16.4. The first-order chi connectivity index (χ1) is 7.18. The van der Waals surface area contributed by atoms with E-state index in [2.05, 4.69) is 11.8 Å². The highest BCUT2D eigenvalue weighted by Gasteiger charge is 2.35. The predicted molar refractivity (Wildman–Crippen MR) is 58.7 cm³/mol. The molecule has 0 radical (unpaired) electrons. The van der Waals surface area contributed by atoms with Gasteiger partial charge in [0.1, 0.15) is 0 Å². The van der Waals surface area contributed by atoms with Gasteiger partial charge in [-0.3, -0.25) is 4.79 Å². The summed E-state index contributed by atoms with van der Waals surface area (Å²) in [4.78, 5) is 13.5. The topological polar surface area (TPSA) is 40.5 Å². The minimum Gasteiger partial charge on any atom is -0.481 e. The van der Waals surface area contributed by atoms with Gasteiger partial charge in [-0.15, -0.1) is 0 Å². The number of aliphatic carboxylic acids is 1. The van der Waals surface area contributed by atoms with Crippen molar-refractivity contribution in [3.8, 4) is 0 Å². The molecular weight excluding hydrogens is 190 g/mol. The van der Waals surface area contributed by atoms with Crippen LogP contribution in [0.1, 0.15) is 39.0 Å². The van der Waals surface area contributed by atoms with Crippen LogP contribution in [0, 0.1) is 11.8 Å². The fraction of sp³-hybridized carbons (Fsp3) is 0.917. The van der Waals surface area contributed by atoms with Crippen molar-refractivity contribution in [3.05, 3.63) is 0 Å². The van der Waals surface area contributed by atoms with Gasteiger partial charge in [-0.05, 0) is 45.1 Å². The first-order valence-corrected chi connectivity index (χ1v) is 6.15. The van der Waals surface area contributed by atoms with E-state index in [9.17, 15) is 4.79 Å². The van der Waals surface area contributed by atoms with Crippen LogP contribution in [-0.2, 0) is 4.79 Å². The largest absolute Gasteiger partial charge is 0.481 e. The average Bonchev–Trinajstić information content (AvgIpc) is 2.77. The molecule has 1 N–H and O–H groups in total. The number of carboxylic acids is 1. The van der Waals surface area contributed by atoms with E-state index in [1.54, 1.807) is 0 Å². The standard InChI is InChI=1S/C12H21NO2/c1-9-4-3-7-13(9)8-10-5-2-6-11(10)12(14)15/h9-11H,2-8H2,1H3,(H,14,15). The zero-order valence-corrected chi connectivity index (χ0v) is 9.48. The van der Waals surface area contributed by atoms with Gasteiger partial charge in [0, 0.05) is 12.6 Å². The molecule has 1 saturated carbocycles. The van der Waals surface area contributed by atoms with Gasteiger partial charge in [0.15, 0.2) is 0 Å². The van der Waals surface area contributed by atoms with Crippen LogP contribution in [0.5, 0.6) is 0 Å². The van der Waals surface area contributed by atoms with Gasteiger partial charge in [0.05, 0.1) is 5.92 Å². The lowest BCUT2D eigenvalue weighted by Crippen LogP contribution is -2.35. The lowest BCUT2D eigenvalue weighted by Gasteiger charge is -2.26. The Morgan fingerprint density at radius 2 is 2.13 bits per heavy atom. The van der Waals surface area contributed by atoms with E-state index in [0.717, 1.165) is 25.8 Å². The maximum Gasteiger partial charge on any atom is 0.306 e. The van der Waals surface area contributed by atoms with Gasteiger partial charge >= 0.3 is 5.97 Å². The van der Waals surface area contributed by atoms with E-state index in [1.165, 1.54) is 19.4 Å². The van der Waals surface area contributed by atoms with Crippen molar-refractivity contribution >= 4 is 5.97 Å². The summed E-state index contributed by atoms with van der Waals surface area (Å²) in [7, 11) is 0. The van der Waals surface area contributed by atoms with Crippen molar-refractivity contribution in [1.29, 1.82) is 0 Å². The number of nitrogens with zero attached hydrogens (tertiary/aromatic N) is 1. The molecule has 1 saturated heterocycles. The Hall–Kier alpha value is -0.570. The van der Waals surface area contributed by atoms with Crippen molar-refractivity contribution in [1.82, 2.24) is 4.90 Å². The lowest BCUT2D eigenvalue weighted by molar-refractivity contribution is -0.143. The number of carboxylic acid groups (broad SMARTS) is 1. The van der Waals surface area contributed by atoms with E-state index in [-0.39, 0.29) is 5.92 Å². The quantitative estimate of drug-likeness (QED) is 0.776. The monoisotopic (exact) mass is 211 g/mol. The SMILES string of the molecule is CC1CCCN1CC1CCCC1C(=O)O. The molecule has 2 fully saturated rings. The van der Waals surface area contributed by atoms with Gasteiger partial charge in [-0.25, -0.2) is 0 Å². The van der Waals surface area contributed by atoms with Crippen LogP contribution in [0.2, 0.25) is 0 Å². The highest BCUT2D eigenvalue weighted by molar-refractivity contribution is 5.70. The Morgan fingerprint density at radius 1 is 1.33 bits per heavy atom. The van der Waals surface area contributed by atoms with Crippen LogP contribution in [-0.4, -0.2) is 35.1 Å². The van der Waals surface area contributed by atoms with E-state index in [0.29, 0.717) is 12.0 Å². The molecule has 1 aliphatic carbocycles. The van der Waals surface area contributed by atoms with Crippen LogP contribution in [0.25, 0.3) is 0 Å².